The predicted molar refractivity (Wildman–Crippen MR) is 132 cm³/mol. The topological polar surface area (TPSA) is 113 Å². The normalized spacial score (nSPS) is 11.0. The molecule has 6 aromatic heterocycles. The maximum Gasteiger partial charge on any atom is 0.131 e. The van der Waals surface area contributed by atoms with Crippen molar-refractivity contribution in [1.29, 1.82) is 0 Å². The fraction of sp³-hybridized carbons (Fsp3) is 0.0769. The van der Waals surface area contributed by atoms with Crippen molar-refractivity contribution in [2.45, 2.75) is 13.1 Å². The molecule has 6 heterocycles. The quantitative estimate of drug-likeness (QED) is 0.347. The highest BCUT2D eigenvalue weighted by Crippen LogP contribution is 2.17. The summed E-state index contributed by atoms with van der Waals surface area (Å²) in [4.78, 5) is 17.8. The molecule has 6 rings (SSSR count). The van der Waals surface area contributed by atoms with E-state index >= 15 is 0 Å². The van der Waals surface area contributed by atoms with Crippen molar-refractivity contribution in [2.75, 3.05) is 0 Å². The first kappa shape index (κ1) is 21.4. The van der Waals surface area contributed by atoms with E-state index in [1.165, 1.54) is 0 Å². The van der Waals surface area contributed by atoms with Crippen molar-refractivity contribution in [2.24, 2.45) is 0 Å². The molecule has 0 saturated carbocycles. The lowest BCUT2D eigenvalue weighted by Gasteiger charge is -2.05. The van der Waals surface area contributed by atoms with Crippen LogP contribution in [0.3, 0.4) is 0 Å². The first-order valence-electron chi connectivity index (χ1n) is 11.3. The standard InChI is InChI=1S/C26H20N10/c1-3-11-27-21(5-1)25-17-35(33-31-25)15-19-7-9-23(29-13-19)24-10-8-20(14-30-24)16-36-18-26(32-34-36)22-6-2-4-12-28-22/h1-14,17-18H,15-16H2. The SMILES string of the molecule is c1ccc(-c2cn(Cc3ccc(-c4ccc(Cn5cc(-c6ccccn6)nn5)cn4)nc3)nn2)nc1. The van der Waals surface area contributed by atoms with Gasteiger partial charge in [-0.2, -0.15) is 0 Å². The molecule has 174 valence electrons. The van der Waals surface area contributed by atoms with E-state index in [9.17, 15) is 0 Å². The summed E-state index contributed by atoms with van der Waals surface area (Å²) in [6.45, 7) is 1.13. The number of hydrogen-bond acceptors (Lipinski definition) is 8. The van der Waals surface area contributed by atoms with Crippen molar-refractivity contribution in [1.82, 2.24) is 49.9 Å². The smallest absolute Gasteiger partial charge is 0.131 e. The number of aromatic nitrogens is 10. The summed E-state index contributed by atoms with van der Waals surface area (Å²) in [7, 11) is 0. The lowest BCUT2D eigenvalue weighted by atomic mass is 10.2. The number of hydrogen-bond donors (Lipinski definition) is 0. The molecule has 0 spiro atoms. The Morgan fingerprint density at radius 3 is 1.33 bits per heavy atom. The van der Waals surface area contributed by atoms with Crippen LogP contribution in [0.4, 0.5) is 0 Å². The zero-order chi connectivity index (χ0) is 24.2. The summed E-state index contributed by atoms with van der Waals surface area (Å²) in [6, 6.07) is 19.4. The van der Waals surface area contributed by atoms with Gasteiger partial charge in [-0.25, -0.2) is 9.36 Å². The lowest BCUT2D eigenvalue weighted by Crippen LogP contribution is -2.02. The van der Waals surface area contributed by atoms with E-state index in [2.05, 4.69) is 40.6 Å². The van der Waals surface area contributed by atoms with Gasteiger partial charge in [0.05, 0.1) is 48.3 Å². The zero-order valence-electron chi connectivity index (χ0n) is 19.1. The maximum atomic E-state index is 4.59. The molecule has 0 bridgehead atoms. The third-order valence-corrected chi connectivity index (χ3v) is 5.53. The first-order valence-corrected chi connectivity index (χ1v) is 11.3. The summed E-state index contributed by atoms with van der Waals surface area (Å²) in [5.74, 6) is 0. The van der Waals surface area contributed by atoms with Crippen LogP contribution in [-0.2, 0) is 13.1 Å². The molecule has 0 radical (unpaired) electrons. The van der Waals surface area contributed by atoms with Crippen LogP contribution in [0.5, 0.6) is 0 Å². The van der Waals surface area contributed by atoms with Crippen LogP contribution in [-0.4, -0.2) is 49.9 Å². The summed E-state index contributed by atoms with van der Waals surface area (Å²) in [5.41, 5.74) is 6.71. The Balaban J connectivity index is 1.10. The van der Waals surface area contributed by atoms with Gasteiger partial charge in [0.1, 0.15) is 11.4 Å². The second kappa shape index (κ2) is 9.63. The van der Waals surface area contributed by atoms with Gasteiger partial charge in [0.25, 0.3) is 0 Å². The Morgan fingerprint density at radius 1 is 0.472 bits per heavy atom. The Bertz CT molecular complexity index is 1440. The molecule has 0 unspecified atom stereocenters. The molecule has 0 N–H and O–H groups in total. The summed E-state index contributed by atoms with van der Waals surface area (Å²) in [5, 5.41) is 16.8. The van der Waals surface area contributed by atoms with Crippen LogP contribution in [0.1, 0.15) is 11.1 Å². The van der Waals surface area contributed by atoms with Gasteiger partial charge in [-0.05, 0) is 47.5 Å². The third-order valence-electron chi connectivity index (χ3n) is 5.53. The van der Waals surface area contributed by atoms with Gasteiger partial charge >= 0.3 is 0 Å². The number of nitrogens with zero attached hydrogens (tertiary/aromatic N) is 10. The van der Waals surface area contributed by atoms with E-state index in [0.717, 1.165) is 45.3 Å². The van der Waals surface area contributed by atoms with E-state index < -0.39 is 0 Å². The fourth-order valence-electron chi connectivity index (χ4n) is 3.73. The molecular formula is C26H20N10. The molecule has 0 aliphatic heterocycles. The maximum absolute atomic E-state index is 4.59. The van der Waals surface area contributed by atoms with Gasteiger partial charge in [-0.1, -0.05) is 34.7 Å². The van der Waals surface area contributed by atoms with Crippen LogP contribution < -0.4 is 0 Å². The number of rotatable bonds is 7. The average molecular weight is 473 g/mol. The molecule has 0 aliphatic carbocycles. The van der Waals surface area contributed by atoms with Crippen LogP contribution in [0.2, 0.25) is 0 Å². The summed E-state index contributed by atoms with van der Waals surface area (Å²) < 4.78 is 3.55. The van der Waals surface area contributed by atoms with Crippen molar-refractivity contribution in [3.63, 3.8) is 0 Å². The van der Waals surface area contributed by atoms with Gasteiger partial charge < -0.3 is 0 Å². The molecule has 10 heteroatoms. The highest BCUT2D eigenvalue weighted by atomic mass is 15.4. The minimum atomic E-state index is 0.567. The van der Waals surface area contributed by atoms with Crippen molar-refractivity contribution >= 4 is 0 Å². The minimum absolute atomic E-state index is 0.567. The minimum Gasteiger partial charge on any atom is -0.254 e. The molecular weight excluding hydrogens is 452 g/mol. The van der Waals surface area contributed by atoms with Gasteiger partial charge in [0.15, 0.2) is 0 Å². The molecule has 0 atom stereocenters. The molecule has 10 nitrogen and oxygen atoms in total. The highest BCUT2D eigenvalue weighted by molar-refractivity contribution is 5.54. The second-order valence-corrected chi connectivity index (χ2v) is 8.14. The van der Waals surface area contributed by atoms with Crippen LogP contribution >= 0.6 is 0 Å². The molecule has 0 aromatic carbocycles. The molecule has 6 aromatic rings. The Morgan fingerprint density at radius 2 is 0.944 bits per heavy atom. The lowest BCUT2D eigenvalue weighted by molar-refractivity contribution is 0.648. The van der Waals surface area contributed by atoms with Crippen LogP contribution in [0, 0.1) is 0 Å². The molecule has 36 heavy (non-hydrogen) atoms. The Labute approximate surface area is 206 Å². The van der Waals surface area contributed by atoms with Crippen molar-refractivity contribution in [3.05, 3.63) is 109 Å². The highest BCUT2D eigenvalue weighted by Gasteiger charge is 2.08. The molecule has 0 aliphatic rings. The molecule has 0 fully saturated rings. The Hall–Kier alpha value is -5.12. The van der Waals surface area contributed by atoms with E-state index in [-0.39, 0.29) is 0 Å². The Kier molecular flexibility index (Phi) is 5.73. The van der Waals surface area contributed by atoms with Crippen LogP contribution in [0.15, 0.2) is 97.8 Å². The number of pyridine rings is 4. The van der Waals surface area contributed by atoms with E-state index in [0.29, 0.717) is 13.1 Å². The van der Waals surface area contributed by atoms with Gasteiger partial charge in [0.2, 0.25) is 0 Å². The average Bonchev–Trinajstić information content (AvgIpc) is 3.61. The molecule has 0 amide bonds. The monoisotopic (exact) mass is 472 g/mol. The van der Waals surface area contributed by atoms with E-state index in [4.69, 9.17) is 0 Å². The van der Waals surface area contributed by atoms with E-state index in [1.54, 1.807) is 21.8 Å². The molecule has 0 saturated heterocycles. The largest absolute Gasteiger partial charge is 0.254 e. The van der Waals surface area contributed by atoms with Gasteiger partial charge in [-0.3, -0.25) is 19.9 Å². The zero-order valence-corrected chi connectivity index (χ0v) is 19.1. The summed E-state index contributed by atoms with van der Waals surface area (Å²) >= 11 is 0. The van der Waals surface area contributed by atoms with Gasteiger partial charge in [-0.15, -0.1) is 10.2 Å². The van der Waals surface area contributed by atoms with Crippen LogP contribution in [0.25, 0.3) is 34.2 Å². The fourth-order valence-corrected chi connectivity index (χ4v) is 3.73. The van der Waals surface area contributed by atoms with Gasteiger partial charge in [0, 0.05) is 24.8 Å². The third kappa shape index (κ3) is 4.73. The second-order valence-electron chi connectivity index (χ2n) is 8.14. The summed E-state index contributed by atoms with van der Waals surface area (Å²) in [6.07, 6.45) is 10.9. The first-order chi connectivity index (χ1) is 17.8. The predicted octanol–water partition coefficient (Wildman–Crippen LogP) is 3.55. The van der Waals surface area contributed by atoms with Crippen molar-refractivity contribution in [3.8, 4) is 34.2 Å². The van der Waals surface area contributed by atoms with E-state index in [1.807, 2.05) is 85.5 Å². The van der Waals surface area contributed by atoms with Crippen molar-refractivity contribution < 1.29 is 0 Å².